The monoisotopic (exact) mass is 504 g/mol. The van der Waals surface area contributed by atoms with Gasteiger partial charge in [0.1, 0.15) is 0 Å². The summed E-state index contributed by atoms with van der Waals surface area (Å²) in [5, 5.41) is 18.4. The highest BCUT2D eigenvalue weighted by Gasteiger charge is 2.17. The Balaban J connectivity index is 1.48. The summed E-state index contributed by atoms with van der Waals surface area (Å²) < 4.78 is 0. The van der Waals surface area contributed by atoms with Crippen molar-refractivity contribution in [3.63, 3.8) is 0 Å². The van der Waals surface area contributed by atoms with Gasteiger partial charge in [-0.3, -0.25) is 0 Å². The molecule has 9 aromatic rings. The minimum atomic E-state index is 1.25. The maximum Gasteiger partial charge on any atom is -0.00139 e. The van der Waals surface area contributed by atoms with Crippen molar-refractivity contribution in [1.82, 2.24) is 0 Å². The van der Waals surface area contributed by atoms with E-state index in [1.807, 2.05) is 0 Å². The fourth-order valence-electron chi connectivity index (χ4n) is 7.08. The summed E-state index contributed by atoms with van der Waals surface area (Å²) in [7, 11) is 0. The fraction of sp³-hybridized carbons (Fsp3) is 0. The molecule has 0 atom stereocenters. The molecule has 0 radical (unpaired) electrons. The van der Waals surface area contributed by atoms with Crippen LogP contribution in [0.3, 0.4) is 0 Å². The van der Waals surface area contributed by atoms with Gasteiger partial charge in [-0.15, -0.1) is 0 Å². The lowest BCUT2D eigenvalue weighted by Crippen LogP contribution is -1.89. The molecule has 184 valence electrons. The third-order valence-corrected chi connectivity index (χ3v) is 8.79. The molecule has 9 aromatic carbocycles. The van der Waals surface area contributed by atoms with Crippen LogP contribution in [0.5, 0.6) is 0 Å². The second-order valence-electron chi connectivity index (χ2n) is 10.8. The highest BCUT2D eigenvalue weighted by atomic mass is 14.2. The maximum atomic E-state index is 2.43. The quantitative estimate of drug-likeness (QED) is 0.195. The molecule has 0 unspecified atom stereocenters. The Labute approximate surface area is 231 Å². The van der Waals surface area contributed by atoms with Gasteiger partial charge < -0.3 is 0 Å². The first-order valence-electron chi connectivity index (χ1n) is 14.0. The molecule has 0 bridgehead atoms. The van der Waals surface area contributed by atoms with Gasteiger partial charge in [-0.2, -0.15) is 0 Å². The van der Waals surface area contributed by atoms with Crippen molar-refractivity contribution >= 4 is 75.4 Å². The van der Waals surface area contributed by atoms with Crippen LogP contribution in [0.2, 0.25) is 0 Å². The number of hydrogen-bond donors (Lipinski definition) is 0. The molecule has 0 heterocycles. The zero-order valence-electron chi connectivity index (χ0n) is 21.9. The minimum Gasteiger partial charge on any atom is -0.0616 e. The lowest BCUT2D eigenvalue weighted by Gasteiger charge is -2.17. The van der Waals surface area contributed by atoms with Crippen LogP contribution in [-0.4, -0.2) is 0 Å². The van der Waals surface area contributed by atoms with E-state index >= 15 is 0 Å². The van der Waals surface area contributed by atoms with Gasteiger partial charge in [-0.1, -0.05) is 133 Å². The summed E-state index contributed by atoms with van der Waals surface area (Å²) in [6.45, 7) is 0. The van der Waals surface area contributed by atoms with Crippen molar-refractivity contribution in [2.45, 2.75) is 0 Å². The second kappa shape index (κ2) is 8.15. The van der Waals surface area contributed by atoms with Crippen molar-refractivity contribution < 1.29 is 0 Å². The van der Waals surface area contributed by atoms with E-state index in [0.29, 0.717) is 0 Å². The van der Waals surface area contributed by atoms with Crippen LogP contribution in [-0.2, 0) is 0 Å². The van der Waals surface area contributed by atoms with Gasteiger partial charge in [-0.25, -0.2) is 0 Å². The van der Waals surface area contributed by atoms with Gasteiger partial charge in [0.2, 0.25) is 0 Å². The molecule has 0 saturated carbocycles. The van der Waals surface area contributed by atoms with Crippen molar-refractivity contribution in [1.29, 1.82) is 0 Å². The Kier molecular flexibility index (Phi) is 4.42. The summed E-state index contributed by atoms with van der Waals surface area (Å²) in [4.78, 5) is 0. The molecule has 0 nitrogen and oxygen atoms in total. The van der Waals surface area contributed by atoms with Gasteiger partial charge in [0.05, 0.1) is 0 Å². The van der Waals surface area contributed by atoms with Crippen LogP contribution >= 0.6 is 0 Å². The first-order chi connectivity index (χ1) is 19.9. The van der Waals surface area contributed by atoms with E-state index in [1.54, 1.807) is 0 Å². The van der Waals surface area contributed by atoms with Crippen LogP contribution in [0.15, 0.2) is 146 Å². The van der Waals surface area contributed by atoms with E-state index in [2.05, 4.69) is 146 Å². The van der Waals surface area contributed by atoms with E-state index in [-0.39, 0.29) is 0 Å². The SMILES string of the molecule is c1ccc2c(c1)cc(-c1ccc3c(c1)c1ccccc1c1c4ccccc4c4ccccc4c31)c1ccccc12. The summed E-state index contributed by atoms with van der Waals surface area (Å²) in [6, 6.07) is 53.8. The zero-order valence-corrected chi connectivity index (χ0v) is 21.9. The smallest absolute Gasteiger partial charge is 0.00139 e. The van der Waals surface area contributed by atoms with Crippen LogP contribution < -0.4 is 0 Å². The lowest BCUT2D eigenvalue weighted by atomic mass is 9.86. The lowest BCUT2D eigenvalue weighted by molar-refractivity contribution is 1.71. The first-order valence-corrected chi connectivity index (χ1v) is 14.0. The summed E-state index contributed by atoms with van der Waals surface area (Å²) in [5.74, 6) is 0. The fourth-order valence-corrected chi connectivity index (χ4v) is 7.08. The molecular formula is C40H24. The van der Waals surface area contributed by atoms with E-state index in [1.165, 1.54) is 86.5 Å². The van der Waals surface area contributed by atoms with Crippen molar-refractivity contribution in [2.24, 2.45) is 0 Å². The standard InChI is InChI=1S/C40H24/c1-2-12-27-25(11-1)23-37(31-16-4-3-13-28(27)31)26-21-22-36-38(24-26)32-17-7-10-20-35(32)39-33-18-8-5-14-29(33)30-15-6-9-19-34(30)40(36)39/h1-24H. The second-order valence-corrected chi connectivity index (χ2v) is 10.8. The molecule has 0 fully saturated rings. The predicted octanol–water partition coefficient (Wildman–Crippen LogP) is 11.4. The molecule has 0 N–H and O–H groups in total. The molecule has 40 heavy (non-hydrogen) atoms. The zero-order chi connectivity index (χ0) is 26.2. The molecular weight excluding hydrogens is 480 g/mol. The van der Waals surface area contributed by atoms with Gasteiger partial charge >= 0.3 is 0 Å². The summed E-state index contributed by atoms with van der Waals surface area (Å²) in [6.07, 6.45) is 0. The molecule has 0 aliphatic rings. The molecule has 0 aromatic heterocycles. The Morgan fingerprint density at radius 1 is 0.250 bits per heavy atom. The molecule has 0 aliphatic heterocycles. The molecule has 0 aliphatic carbocycles. The topological polar surface area (TPSA) is 0 Å². The average Bonchev–Trinajstić information content (AvgIpc) is 3.04. The molecule has 0 heteroatoms. The molecule has 0 spiro atoms. The van der Waals surface area contributed by atoms with E-state index in [9.17, 15) is 0 Å². The van der Waals surface area contributed by atoms with E-state index in [0.717, 1.165) is 0 Å². The van der Waals surface area contributed by atoms with Crippen molar-refractivity contribution in [2.75, 3.05) is 0 Å². The molecule has 0 amide bonds. The maximum absolute atomic E-state index is 2.43. The molecule has 9 rings (SSSR count). The third kappa shape index (κ3) is 2.91. The number of benzene rings is 9. The van der Waals surface area contributed by atoms with Gasteiger partial charge in [0.25, 0.3) is 0 Å². The highest BCUT2D eigenvalue weighted by Crippen LogP contribution is 2.45. The van der Waals surface area contributed by atoms with Crippen molar-refractivity contribution in [3.05, 3.63) is 146 Å². The Morgan fingerprint density at radius 3 is 1.23 bits per heavy atom. The Morgan fingerprint density at radius 2 is 0.650 bits per heavy atom. The first kappa shape index (κ1) is 21.7. The van der Waals surface area contributed by atoms with Gasteiger partial charge in [0.15, 0.2) is 0 Å². The van der Waals surface area contributed by atoms with E-state index in [4.69, 9.17) is 0 Å². The van der Waals surface area contributed by atoms with Crippen LogP contribution in [0.1, 0.15) is 0 Å². The summed E-state index contributed by atoms with van der Waals surface area (Å²) >= 11 is 0. The van der Waals surface area contributed by atoms with Gasteiger partial charge in [-0.05, 0) is 98.7 Å². The largest absolute Gasteiger partial charge is 0.0616 e. The normalized spacial score (nSPS) is 12.0. The Hall–Kier alpha value is -5.20. The predicted molar refractivity (Wildman–Crippen MR) is 174 cm³/mol. The summed E-state index contributed by atoms with van der Waals surface area (Å²) in [5.41, 5.74) is 2.53. The third-order valence-electron chi connectivity index (χ3n) is 8.79. The number of rotatable bonds is 1. The van der Waals surface area contributed by atoms with Crippen LogP contribution in [0.4, 0.5) is 0 Å². The van der Waals surface area contributed by atoms with Crippen LogP contribution in [0, 0.1) is 0 Å². The molecule has 0 saturated heterocycles. The highest BCUT2D eigenvalue weighted by molar-refractivity contribution is 6.39. The van der Waals surface area contributed by atoms with Gasteiger partial charge in [0, 0.05) is 0 Å². The Bertz CT molecular complexity index is 2480. The van der Waals surface area contributed by atoms with Crippen molar-refractivity contribution in [3.8, 4) is 11.1 Å². The van der Waals surface area contributed by atoms with Crippen LogP contribution in [0.25, 0.3) is 86.5 Å². The number of fused-ring (bicyclic) bond motifs is 14. The van der Waals surface area contributed by atoms with E-state index < -0.39 is 0 Å². The minimum absolute atomic E-state index is 1.25. The number of hydrogen-bond acceptors (Lipinski definition) is 0. The average molecular weight is 505 g/mol.